The highest BCUT2D eigenvalue weighted by molar-refractivity contribution is 7.90. The number of fused-ring (bicyclic) bond motifs is 1. The fraction of sp³-hybridized carbons (Fsp3) is 0.438. The number of carbonyl (C=O) groups excluding carboxylic acids is 1. The van der Waals surface area contributed by atoms with Crippen LogP contribution in [0.25, 0.3) is 0 Å². The summed E-state index contributed by atoms with van der Waals surface area (Å²) >= 11 is 0. The van der Waals surface area contributed by atoms with E-state index in [0.29, 0.717) is 31.5 Å². The summed E-state index contributed by atoms with van der Waals surface area (Å²) in [7, 11) is -2.10. The van der Waals surface area contributed by atoms with Crippen molar-refractivity contribution >= 4 is 27.7 Å². The lowest BCUT2D eigenvalue weighted by atomic mass is 9.97. The zero-order valence-corrected chi connectivity index (χ0v) is 14.6. The van der Waals surface area contributed by atoms with Crippen LogP contribution in [0.1, 0.15) is 18.4 Å². The number of hydrogen-bond donors (Lipinski definition) is 1. The van der Waals surface area contributed by atoms with Crippen LogP contribution >= 0.6 is 0 Å². The van der Waals surface area contributed by atoms with Crippen LogP contribution in [-0.2, 0) is 19.6 Å². The quantitative estimate of drug-likeness (QED) is 0.830. The molecule has 0 atom stereocenters. The number of piperidine rings is 1. The second kappa shape index (κ2) is 6.47. The Labute approximate surface area is 145 Å². The Morgan fingerprint density at radius 2 is 1.92 bits per heavy atom. The van der Waals surface area contributed by atoms with E-state index in [-0.39, 0.29) is 23.2 Å². The van der Waals surface area contributed by atoms with Crippen molar-refractivity contribution < 1.29 is 23.1 Å². The Hall–Kier alpha value is -2.42. The van der Waals surface area contributed by atoms with Gasteiger partial charge in [0.15, 0.2) is 5.84 Å². The molecule has 1 amide bonds. The van der Waals surface area contributed by atoms with Gasteiger partial charge in [0.1, 0.15) is 4.90 Å². The van der Waals surface area contributed by atoms with E-state index in [1.165, 1.54) is 11.0 Å². The Bertz CT molecular complexity index is 841. The number of likely N-dealkylation sites (N-methyl/N-ethyl adjacent to an activating group) is 1. The van der Waals surface area contributed by atoms with Gasteiger partial charge in [-0.3, -0.25) is 9.59 Å². The molecule has 1 saturated heterocycles. The number of nitrogens with zero attached hydrogens (tertiary/aromatic N) is 3. The van der Waals surface area contributed by atoms with E-state index in [2.05, 4.69) is 4.40 Å². The van der Waals surface area contributed by atoms with Crippen LogP contribution in [0.3, 0.4) is 0 Å². The zero-order chi connectivity index (χ0) is 18.2. The predicted molar refractivity (Wildman–Crippen MR) is 89.7 cm³/mol. The summed E-state index contributed by atoms with van der Waals surface area (Å²) in [6.45, 7) is 0.774. The Morgan fingerprint density at radius 3 is 2.56 bits per heavy atom. The molecule has 1 aromatic rings. The molecule has 0 saturated carbocycles. The van der Waals surface area contributed by atoms with Gasteiger partial charge < -0.3 is 14.9 Å². The number of sulfonamides is 1. The number of carboxylic acids is 1. The highest BCUT2D eigenvalue weighted by Gasteiger charge is 2.32. The first-order valence-electron chi connectivity index (χ1n) is 7.95. The zero-order valence-electron chi connectivity index (χ0n) is 13.8. The van der Waals surface area contributed by atoms with Crippen molar-refractivity contribution in [2.75, 3.05) is 26.7 Å². The van der Waals surface area contributed by atoms with Crippen molar-refractivity contribution in [1.82, 2.24) is 9.80 Å². The topological polar surface area (TPSA) is 107 Å². The molecule has 8 nitrogen and oxygen atoms in total. The van der Waals surface area contributed by atoms with Gasteiger partial charge in [-0.25, -0.2) is 0 Å². The van der Waals surface area contributed by atoms with Crippen molar-refractivity contribution in [3.8, 4) is 0 Å². The van der Waals surface area contributed by atoms with Crippen LogP contribution in [0.2, 0.25) is 0 Å². The molecule has 0 spiro atoms. The first-order valence-corrected chi connectivity index (χ1v) is 9.39. The number of carbonyl (C=O) groups is 2. The molecule has 3 rings (SSSR count). The number of aliphatic carboxylic acids is 1. The van der Waals surface area contributed by atoms with E-state index in [1.807, 2.05) is 0 Å². The summed E-state index contributed by atoms with van der Waals surface area (Å²) in [5.74, 6) is -1.15. The maximum absolute atomic E-state index is 12.4. The summed E-state index contributed by atoms with van der Waals surface area (Å²) in [4.78, 5) is 26.7. The SMILES string of the molecule is CN(CC(=O)N1CCC(C(=O)O)CC1)C1=NS(=O)(=O)c2ccccc21. The molecule has 9 heteroatoms. The normalized spacial score (nSPS) is 19.2. The van der Waals surface area contributed by atoms with Gasteiger partial charge in [0.2, 0.25) is 5.91 Å². The molecular weight excluding hydrogens is 346 g/mol. The highest BCUT2D eigenvalue weighted by Crippen LogP contribution is 2.27. The van der Waals surface area contributed by atoms with Crippen LogP contribution in [0.15, 0.2) is 33.6 Å². The number of amides is 1. The maximum atomic E-state index is 12.4. The van der Waals surface area contributed by atoms with Gasteiger partial charge in [-0.15, -0.1) is 4.40 Å². The minimum absolute atomic E-state index is 0.0135. The molecular formula is C16H19N3O5S. The molecule has 0 aliphatic carbocycles. The van der Waals surface area contributed by atoms with Crippen LogP contribution in [0.4, 0.5) is 0 Å². The summed E-state index contributed by atoms with van der Waals surface area (Å²) < 4.78 is 28.0. The lowest BCUT2D eigenvalue weighted by molar-refractivity contribution is -0.145. The molecule has 2 heterocycles. The fourth-order valence-corrected chi connectivity index (χ4v) is 4.37. The Balaban J connectivity index is 1.68. The number of carboxylic acid groups (broad SMARTS) is 1. The smallest absolute Gasteiger partial charge is 0.306 e. The molecule has 0 bridgehead atoms. The molecule has 0 radical (unpaired) electrons. The van der Waals surface area contributed by atoms with Crippen LogP contribution < -0.4 is 0 Å². The summed E-state index contributed by atoms with van der Waals surface area (Å²) in [5, 5.41) is 9.01. The molecule has 2 aliphatic heterocycles. The third-order valence-electron chi connectivity index (χ3n) is 4.54. The molecule has 1 aromatic carbocycles. The fourth-order valence-electron chi connectivity index (χ4n) is 3.12. The molecule has 2 aliphatic rings. The average molecular weight is 365 g/mol. The van der Waals surface area contributed by atoms with Gasteiger partial charge in [-0.2, -0.15) is 8.42 Å². The summed E-state index contributed by atoms with van der Waals surface area (Å²) in [6, 6.07) is 6.51. The number of rotatable bonds is 3. The minimum Gasteiger partial charge on any atom is -0.481 e. The van der Waals surface area contributed by atoms with Gasteiger partial charge in [-0.05, 0) is 25.0 Å². The van der Waals surface area contributed by atoms with Gasteiger partial charge in [0.05, 0.1) is 12.5 Å². The third-order valence-corrected chi connectivity index (χ3v) is 5.87. The number of hydrogen-bond acceptors (Lipinski definition) is 5. The van der Waals surface area contributed by atoms with Gasteiger partial charge in [-0.1, -0.05) is 12.1 Å². The van der Waals surface area contributed by atoms with Gasteiger partial charge >= 0.3 is 5.97 Å². The van der Waals surface area contributed by atoms with E-state index in [0.717, 1.165) is 0 Å². The van der Waals surface area contributed by atoms with Crippen molar-refractivity contribution in [2.24, 2.45) is 10.3 Å². The third kappa shape index (κ3) is 3.37. The second-order valence-corrected chi connectivity index (χ2v) is 7.81. The minimum atomic E-state index is -3.72. The second-order valence-electron chi connectivity index (χ2n) is 6.24. The standard InChI is InChI=1S/C16H19N3O5S/c1-18(10-14(20)19-8-6-11(7-9-19)16(21)22)15-12-4-2-3-5-13(12)25(23,24)17-15/h2-5,11H,6-10H2,1H3,(H,21,22). The monoisotopic (exact) mass is 365 g/mol. The Morgan fingerprint density at radius 1 is 1.28 bits per heavy atom. The van der Waals surface area contributed by atoms with Crippen molar-refractivity contribution in [3.05, 3.63) is 29.8 Å². The molecule has 0 aromatic heterocycles. The van der Waals surface area contributed by atoms with E-state index in [4.69, 9.17) is 5.11 Å². The Kier molecular flexibility index (Phi) is 4.51. The first-order chi connectivity index (χ1) is 11.8. The molecule has 134 valence electrons. The van der Waals surface area contributed by atoms with E-state index < -0.39 is 21.9 Å². The van der Waals surface area contributed by atoms with E-state index >= 15 is 0 Å². The van der Waals surface area contributed by atoms with E-state index in [9.17, 15) is 18.0 Å². The lowest BCUT2D eigenvalue weighted by Gasteiger charge is -2.31. The summed E-state index contributed by atoms with van der Waals surface area (Å²) in [5.41, 5.74) is 0.488. The molecule has 25 heavy (non-hydrogen) atoms. The maximum Gasteiger partial charge on any atom is 0.306 e. The van der Waals surface area contributed by atoms with Gasteiger partial charge in [0, 0.05) is 25.7 Å². The van der Waals surface area contributed by atoms with E-state index in [1.54, 1.807) is 30.1 Å². The molecule has 1 fully saturated rings. The van der Waals surface area contributed by atoms with Crippen molar-refractivity contribution in [3.63, 3.8) is 0 Å². The average Bonchev–Trinajstić information content (AvgIpc) is 2.87. The predicted octanol–water partition coefficient (Wildman–Crippen LogP) is 0.391. The number of amidine groups is 1. The van der Waals surface area contributed by atoms with Crippen molar-refractivity contribution in [2.45, 2.75) is 17.7 Å². The molecule has 0 unspecified atom stereocenters. The number of likely N-dealkylation sites (tertiary alicyclic amines) is 1. The summed E-state index contributed by atoms with van der Waals surface area (Å²) in [6.07, 6.45) is 0.867. The first kappa shape index (κ1) is 17.4. The van der Waals surface area contributed by atoms with Crippen LogP contribution in [0, 0.1) is 5.92 Å². The lowest BCUT2D eigenvalue weighted by Crippen LogP contribution is -2.45. The molecule has 1 N–H and O–H groups in total. The largest absolute Gasteiger partial charge is 0.481 e. The highest BCUT2D eigenvalue weighted by atomic mass is 32.2. The number of benzene rings is 1. The van der Waals surface area contributed by atoms with Crippen LogP contribution in [0.5, 0.6) is 0 Å². The van der Waals surface area contributed by atoms with Crippen LogP contribution in [-0.4, -0.2) is 67.7 Å². The van der Waals surface area contributed by atoms with Gasteiger partial charge in [0.25, 0.3) is 10.0 Å². The van der Waals surface area contributed by atoms with Crippen molar-refractivity contribution in [1.29, 1.82) is 0 Å².